The summed E-state index contributed by atoms with van der Waals surface area (Å²) >= 11 is 0. The Balaban J connectivity index is 2.24. The summed E-state index contributed by atoms with van der Waals surface area (Å²) < 4.78 is 31.6. The highest BCUT2D eigenvalue weighted by atomic mass is 19.1. The number of rotatable bonds is 4. The smallest absolute Gasteiger partial charge is 0.340 e. The molecule has 4 nitrogen and oxygen atoms in total. The maximum Gasteiger partial charge on any atom is 0.340 e. The molecule has 0 amide bonds. The highest BCUT2D eigenvalue weighted by Crippen LogP contribution is 2.22. The molecule has 0 fully saturated rings. The summed E-state index contributed by atoms with van der Waals surface area (Å²) in [7, 11) is 1.11. The van der Waals surface area contributed by atoms with E-state index in [4.69, 9.17) is 0 Å². The molecule has 0 spiro atoms. The Kier molecular flexibility index (Phi) is 4.37. The van der Waals surface area contributed by atoms with Crippen molar-refractivity contribution in [2.75, 3.05) is 12.4 Å². The zero-order valence-electron chi connectivity index (χ0n) is 11.2. The van der Waals surface area contributed by atoms with E-state index in [1.165, 1.54) is 6.07 Å². The molecule has 0 aliphatic carbocycles. The fraction of sp³-hybridized carbons (Fsp3) is 0.133. The zero-order chi connectivity index (χ0) is 15.4. The third-order valence-corrected chi connectivity index (χ3v) is 2.92. The maximum absolute atomic E-state index is 13.7. The highest BCUT2D eigenvalue weighted by molar-refractivity contribution is 5.90. The summed E-state index contributed by atoms with van der Waals surface area (Å²) in [4.78, 5) is 11.4. The number of halogens is 2. The lowest BCUT2D eigenvalue weighted by Gasteiger charge is -2.11. The van der Waals surface area contributed by atoms with E-state index in [2.05, 4.69) is 10.1 Å². The predicted molar refractivity (Wildman–Crippen MR) is 73.1 cm³/mol. The molecule has 2 aromatic rings. The van der Waals surface area contributed by atoms with E-state index in [0.717, 1.165) is 13.2 Å². The van der Waals surface area contributed by atoms with Gasteiger partial charge in [0.25, 0.3) is 0 Å². The minimum atomic E-state index is -0.993. The molecule has 110 valence electrons. The van der Waals surface area contributed by atoms with Crippen molar-refractivity contribution < 1.29 is 23.4 Å². The number of aromatic hydroxyl groups is 1. The van der Waals surface area contributed by atoms with E-state index in [1.54, 1.807) is 18.2 Å². The lowest BCUT2D eigenvalue weighted by atomic mass is 10.1. The van der Waals surface area contributed by atoms with Crippen molar-refractivity contribution in [3.05, 3.63) is 59.2 Å². The topological polar surface area (TPSA) is 58.6 Å². The molecule has 0 bridgehead atoms. The number of para-hydroxylation sites is 1. The van der Waals surface area contributed by atoms with E-state index in [1.807, 2.05) is 0 Å². The molecule has 2 aromatic carbocycles. The van der Waals surface area contributed by atoms with Crippen molar-refractivity contribution >= 4 is 11.7 Å². The van der Waals surface area contributed by atoms with Crippen molar-refractivity contribution in [2.45, 2.75) is 6.54 Å². The van der Waals surface area contributed by atoms with Gasteiger partial charge in [-0.05, 0) is 12.1 Å². The number of esters is 1. The molecule has 0 saturated heterocycles. The van der Waals surface area contributed by atoms with Crippen LogP contribution in [0.1, 0.15) is 15.9 Å². The molecular weight excluding hydrogens is 280 g/mol. The first-order valence-corrected chi connectivity index (χ1v) is 6.11. The molecular formula is C15H13F2NO3. The Morgan fingerprint density at radius 3 is 2.62 bits per heavy atom. The average molecular weight is 293 g/mol. The van der Waals surface area contributed by atoms with Crippen LogP contribution in [0.25, 0.3) is 0 Å². The fourth-order valence-electron chi connectivity index (χ4n) is 1.80. The summed E-state index contributed by atoms with van der Waals surface area (Å²) in [5.41, 5.74) is 0.125. The van der Waals surface area contributed by atoms with Gasteiger partial charge in [0.15, 0.2) is 0 Å². The van der Waals surface area contributed by atoms with E-state index >= 15 is 0 Å². The van der Waals surface area contributed by atoms with Gasteiger partial charge in [0.2, 0.25) is 0 Å². The number of nitrogens with one attached hydrogen (secondary N) is 1. The molecule has 2 rings (SSSR count). The van der Waals surface area contributed by atoms with Gasteiger partial charge < -0.3 is 15.2 Å². The van der Waals surface area contributed by atoms with Gasteiger partial charge in [-0.3, -0.25) is 0 Å². The Morgan fingerprint density at radius 2 is 1.95 bits per heavy atom. The number of hydrogen-bond acceptors (Lipinski definition) is 4. The normalized spacial score (nSPS) is 10.2. The monoisotopic (exact) mass is 293 g/mol. The van der Waals surface area contributed by atoms with E-state index < -0.39 is 17.6 Å². The van der Waals surface area contributed by atoms with Gasteiger partial charge >= 0.3 is 5.97 Å². The van der Waals surface area contributed by atoms with Gasteiger partial charge in [-0.25, -0.2) is 13.6 Å². The maximum atomic E-state index is 13.7. The summed E-state index contributed by atoms with van der Waals surface area (Å²) in [6.45, 7) is 0.121. The van der Waals surface area contributed by atoms with Crippen molar-refractivity contribution in [1.29, 1.82) is 0 Å². The second-order valence-corrected chi connectivity index (χ2v) is 4.29. The van der Waals surface area contributed by atoms with E-state index in [0.29, 0.717) is 11.6 Å². The number of phenols is 1. The van der Waals surface area contributed by atoms with Crippen molar-refractivity contribution in [1.82, 2.24) is 0 Å². The standard InChI is InChI=1S/C15H13F2NO3/c1-21-15(20)10-6-13(12(17)7-11(10)16)18-8-9-4-2-3-5-14(9)19/h2-7,18-19H,8H2,1H3. The van der Waals surface area contributed by atoms with Gasteiger partial charge in [0.1, 0.15) is 17.4 Å². The average Bonchev–Trinajstić information content (AvgIpc) is 2.47. The van der Waals surface area contributed by atoms with E-state index in [-0.39, 0.29) is 23.5 Å². The Morgan fingerprint density at radius 1 is 1.24 bits per heavy atom. The van der Waals surface area contributed by atoms with Crippen LogP contribution >= 0.6 is 0 Å². The number of carbonyl (C=O) groups is 1. The molecule has 2 N–H and O–H groups in total. The first kappa shape index (κ1) is 14.8. The third kappa shape index (κ3) is 3.28. The van der Waals surface area contributed by atoms with Crippen LogP contribution in [0.3, 0.4) is 0 Å². The number of ether oxygens (including phenoxy) is 1. The summed E-state index contributed by atoms with van der Waals surface area (Å²) in [6.07, 6.45) is 0. The van der Waals surface area contributed by atoms with Gasteiger partial charge in [-0.15, -0.1) is 0 Å². The largest absolute Gasteiger partial charge is 0.508 e. The minimum Gasteiger partial charge on any atom is -0.508 e. The zero-order valence-corrected chi connectivity index (χ0v) is 11.2. The van der Waals surface area contributed by atoms with Crippen LogP contribution in [-0.4, -0.2) is 18.2 Å². The molecule has 0 atom stereocenters. The second-order valence-electron chi connectivity index (χ2n) is 4.29. The van der Waals surface area contributed by atoms with Gasteiger partial charge in [-0.1, -0.05) is 18.2 Å². The van der Waals surface area contributed by atoms with Crippen LogP contribution in [0.4, 0.5) is 14.5 Å². The Hall–Kier alpha value is -2.63. The molecule has 0 aliphatic rings. The number of methoxy groups -OCH3 is 1. The summed E-state index contributed by atoms with van der Waals surface area (Å²) in [5.74, 6) is -2.66. The Labute approximate surface area is 120 Å². The molecule has 0 unspecified atom stereocenters. The molecule has 0 heterocycles. The first-order chi connectivity index (χ1) is 10.0. The molecule has 0 aromatic heterocycles. The molecule has 0 radical (unpaired) electrons. The fourth-order valence-corrected chi connectivity index (χ4v) is 1.80. The number of phenolic OH excluding ortho intramolecular Hbond substituents is 1. The molecule has 21 heavy (non-hydrogen) atoms. The van der Waals surface area contributed by atoms with E-state index in [9.17, 15) is 18.7 Å². The van der Waals surface area contributed by atoms with Gasteiger partial charge in [0.05, 0.1) is 18.4 Å². The van der Waals surface area contributed by atoms with Gasteiger partial charge in [0, 0.05) is 18.2 Å². The molecule has 6 heteroatoms. The molecule has 0 aliphatic heterocycles. The van der Waals surface area contributed by atoms with Crippen LogP contribution < -0.4 is 5.32 Å². The number of hydrogen-bond donors (Lipinski definition) is 2. The van der Waals surface area contributed by atoms with Gasteiger partial charge in [-0.2, -0.15) is 0 Å². The van der Waals surface area contributed by atoms with Crippen molar-refractivity contribution in [3.8, 4) is 5.75 Å². The van der Waals surface area contributed by atoms with Crippen LogP contribution in [0.5, 0.6) is 5.75 Å². The summed E-state index contributed by atoms with van der Waals surface area (Å²) in [5, 5.41) is 12.3. The minimum absolute atomic E-state index is 0.0555. The highest BCUT2D eigenvalue weighted by Gasteiger charge is 2.16. The number of benzene rings is 2. The van der Waals surface area contributed by atoms with Crippen LogP contribution in [-0.2, 0) is 11.3 Å². The number of carbonyl (C=O) groups excluding carboxylic acids is 1. The SMILES string of the molecule is COC(=O)c1cc(NCc2ccccc2O)c(F)cc1F. The quantitative estimate of drug-likeness (QED) is 0.851. The van der Waals surface area contributed by atoms with Crippen molar-refractivity contribution in [3.63, 3.8) is 0 Å². The lowest BCUT2D eigenvalue weighted by molar-refractivity contribution is 0.0595. The first-order valence-electron chi connectivity index (χ1n) is 6.11. The van der Waals surface area contributed by atoms with Crippen LogP contribution in [0.2, 0.25) is 0 Å². The predicted octanol–water partition coefficient (Wildman–Crippen LogP) is 3.07. The Bertz CT molecular complexity index is 674. The van der Waals surface area contributed by atoms with Crippen LogP contribution in [0, 0.1) is 11.6 Å². The third-order valence-electron chi connectivity index (χ3n) is 2.92. The van der Waals surface area contributed by atoms with Crippen molar-refractivity contribution in [2.24, 2.45) is 0 Å². The lowest BCUT2D eigenvalue weighted by Crippen LogP contribution is -2.08. The number of anilines is 1. The summed E-state index contributed by atoms with van der Waals surface area (Å²) in [6, 6.07) is 8.18. The van der Waals surface area contributed by atoms with Crippen LogP contribution in [0.15, 0.2) is 36.4 Å². The molecule has 0 saturated carbocycles. The second kappa shape index (κ2) is 6.21.